The van der Waals surface area contributed by atoms with Gasteiger partial charge in [0, 0.05) is 18.4 Å². The van der Waals surface area contributed by atoms with Crippen molar-refractivity contribution in [2.24, 2.45) is 29.6 Å². The maximum atomic E-state index is 11.8. The van der Waals surface area contributed by atoms with Gasteiger partial charge in [-0.15, -0.1) is 0 Å². The minimum Gasteiger partial charge on any atom is -0.469 e. The summed E-state index contributed by atoms with van der Waals surface area (Å²) in [5, 5.41) is 9.07. The Labute approximate surface area is 99.1 Å². The number of ether oxygens (including phenoxy) is 2. The minimum absolute atomic E-state index is 0.0699. The largest absolute Gasteiger partial charge is 0.469 e. The van der Waals surface area contributed by atoms with Crippen molar-refractivity contribution in [3.8, 4) is 0 Å². The first kappa shape index (κ1) is 11.0. The molecule has 5 nitrogen and oxygen atoms in total. The number of esters is 2. The Balaban J connectivity index is 1.92. The number of hydrogen-bond acceptors (Lipinski definition) is 5. The van der Waals surface area contributed by atoms with Crippen molar-refractivity contribution in [1.82, 2.24) is 0 Å². The van der Waals surface area contributed by atoms with Gasteiger partial charge < -0.3 is 14.6 Å². The highest BCUT2D eigenvalue weighted by molar-refractivity contribution is 5.85. The molecule has 2 bridgehead atoms. The summed E-state index contributed by atoms with van der Waals surface area (Å²) in [5.41, 5.74) is 0. The lowest BCUT2D eigenvalue weighted by atomic mass is 9.73. The number of aliphatic hydroxyl groups is 1. The average molecular weight is 240 g/mol. The van der Waals surface area contributed by atoms with E-state index in [1.54, 1.807) is 0 Å². The van der Waals surface area contributed by atoms with Crippen molar-refractivity contribution < 1.29 is 24.2 Å². The van der Waals surface area contributed by atoms with E-state index in [0.717, 1.165) is 6.42 Å². The van der Waals surface area contributed by atoms with Gasteiger partial charge in [0.15, 0.2) is 0 Å². The molecule has 2 aliphatic carbocycles. The van der Waals surface area contributed by atoms with Crippen LogP contribution in [0.4, 0.5) is 0 Å². The molecule has 3 aliphatic rings. The van der Waals surface area contributed by atoms with Gasteiger partial charge in [0.2, 0.25) is 0 Å². The first-order valence-electron chi connectivity index (χ1n) is 6.08. The van der Waals surface area contributed by atoms with Crippen LogP contribution in [0.3, 0.4) is 0 Å². The molecule has 0 spiro atoms. The van der Waals surface area contributed by atoms with Crippen LogP contribution in [0.25, 0.3) is 0 Å². The normalized spacial score (nSPS) is 46.1. The van der Waals surface area contributed by atoms with Crippen molar-refractivity contribution in [3.63, 3.8) is 0 Å². The van der Waals surface area contributed by atoms with Crippen LogP contribution in [0.2, 0.25) is 0 Å². The SMILES string of the molecule is COC(=O)C1C2CC3C(OC(=O)C31)C2CCO. The maximum absolute atomic E-state index is 11.8. The molecule has 0 aromatic rings. The number of carbonyl (C=O) groups is 2. The van der Waals surface area contributed by atoms with Crippen LogP contribution in [0, 0.1) is 29.6 Å². The van der Waals surface area contributed by atoms with Gasteiger partial charge in [0.05, 0.1) is 18.9 Å². The fourth-order valence-electron chi connectivity index (χ4n) is 4.17. The lowest BCUT2D eigenvalue weighted by molar-refractivity contribution is -0.153. The van der Waals surface area contributed by atoms with E-state index in [4.69, 9.17) is 14.6 Å². The van der Waals surface area contributed by atoms with Crippen molar-refractivity contribution in [1.29, 1.82) is 0 Å². The van der Waals surface area contributed by atoms with Crippen LogP contribution >= 0.6 is 0 Å². The third-order valence-electron chi connectivity index (χ3n) is 4.71. The van der Waals surface area contributed by atoms with Gasteiger partial charge in [-0.1, -0.05) is 0 Å². The predicted octanol–water partition coefficient (Wildman–Crippen LogP) is -0.0345. The van der Waals surface area contributed by atoms with Crippen LogP contribution in [0.15, 0.2) is 0 Å². The lowest BCUT2D eigenvalue weighted by Crippen LogP contribution is -2.38. The summed E-state index contributed by atoms with van der Waals surface area (Å²) in [4.78, 5) is 23.6. The molecule has 6 atom stereocenters. The van der Waals surface area contributed by atoms with E-state index in [-0.39, 0.29) is 54.2 Å². The summed E-state index contributed by atoms with van der Waals surface area (Å²) in [6.07, 6.45) is 1.37. The first-order valence-corrected chi connectivity index (χ1v) is 6.08. The summed E-state index contributed by atoms with van der Waals surface area (Å²) in [5.74, 6) is -0.785. The highest BCUT2D eigenvalue weighted by atomic mass is 16.6. The highest BCUT2D eigenvalue weighted by Gasteiger charge is 2.68. The number of methoxy groups -OCH3 is 1. The van der Waals surface area contributed by atoms with Gasteiger partial charge >= 0.3 is 11.9 Å². The number of carbonyl (C=O) groups excluding carboxylic acids is 2. The van der Waals surface area contributed by atoms with Crippen molar-refractivity contribution >= 4 is 11.9 Å². The molecular weight excluding hydrogens is 224 g/mol. The van der Waals surface area contributed by atoms with Gasteiger partial charge in [-0.3, -0.25) is 9.59 Å². The van der Waals surface area contributed by atoms with Gasteiger partial charge in [-0.2, -0.15) is 0 Å². The van der Waals surface area contributed by atoms with Crippen molar-refractivity contribution in [2.75, 3.05) is 13.7 Å². The summed E-state index contributed by atoms with van der Waals surface area (Å²) in [6, 6.07) is 0. The minimum atomic E-state index is -0.354. The molecule has 3 rings (SSSR count). The van der Waals surface area contributed by atoms with Gasteiger partial charge in [0.25, 0.3) is 0 Å². The van der Waals surface area contributed by atoms with E-state index in [1.807, 2.05) is 0 Å². The quantitative estimate of drug-likeness (QED) is 0.701. The van der Waals surface area contributed by atoms with Crippen LogP contribution in [-0.2, 0) is 19.1 Å². The first-order chi connectivity index (χ1) is 8.19. The maximum Gasteiger partial charge on any atom is 0.310 e. The number of aliphatic hydroxyl groups excluding tert-OH is 1. The molecule has 1 N–H and O–H groups in total. The fraction of sp³-hybridized carbons (Fsp3) is 0.833. The Morgan fingerprint density at radius 1 is 1.53 bits per heavy atom. The predicted molar refractivity (Wildman–Crippen MR) is 55.7 cm³/mol. The lowest BCUT2D eigenvalue weighted by Gasteiger charge is -2.29. The second kappa shape index (κ2) is 3.70. The third-order valence-corrected chi connectivity index (χ3v) is 4.71. The van der Waals surface area contributed by atoms with Gasteiger partial charge in [-0.05, 0) is 18.8 Å². The van der Waals surface area contributed by atoms with Crippen molar-refractivity contribution in [3.05, 3.63) is 0 Å². The summed E-state index contributed by atoms with van der Waals surface area (Å²) in [6.45, 7) is 0.0699. The second-order valence-corrected chi connectivity index (χ2v) is 5.22. The van der Waals surface area contributed by atoms with Crippen molar-refractivity contribution in [2.45, 2.75) is 18.9 Å². The number of rotatable bonds is 3. The summed E-state index contributed by atoms with van der Waals surface area (Å²) < 4.78 is 10.2. The third kappa shape index (κ3) is 1.29. The molecule has 17 heavy (non-hydrogen) atoms. The fourth-order valence-corrected chi connectivity index (χ4v) is 4.17. The molecule has 0 radical (unpaired) electrons. The molecule has 1 heterocycles. The number of hydrogen-bond donors (Lipinski definition) is 1. The molecule has 0 aromatic heterocycles. The standard InChI is InChI=1S/C12H16O5/c1-16-11(14)8-6-4-7-9(8)12(15)17-10(7)5(6)2-3-13/h5-10,13H,2-4H2,1H3. The Hall–Kier alpha value is -1.10. The zero-order valence-electron chi connectivity index (χ0n) is 9.67. The number of fused-ring (bicyclic) bond motifs is 1. The smallest absolute Gasteiger partial charge is 0.310 e. The van der Waals surface area contributed by atoms with E-state index in [0.29, 0.717) is 6.42 Å². The Bertz CT molecular complexity index is 366. The van der Waals surface area contributed by atoms with E-state index >= 15 is 0 Å². The molecule has 0 amide bonds. The van der Waals surface area contributed by atoms with Crippen LogP contribution < -0.4 is 0 Å². The van der Waals surface area contributed by atoms with Crippen LogP contribution in [-0.4, -0.2) is 36.9 Å². The second-order valence-electron chi connectivity index (χ2n) is 5.22. The van der Waals surface area contributed by atoms with Gasteiger partial charge in [-0.25, -0.2) is 0 Å². The Kier molecular flexibility index (Phi) is 2.40. The molecule has 2 saturated carbocycles. The molecule has 6 unspecified atom stereocenters. The molecule has 5 heteroatoms. The molecular formula is C12H16O5. The zero-order valence-corrected chi connectivity index (χ0v) is 9.67. The highest BCUT2D eigenvalue weighted by Crippen LogP contribution is 2.61. The van der Waals surface area contributed by atoms with E-state index < -0.39 is 0 Å². The summed E-state index contributed by atoms with van der Waals surface area (Å²) >= 11 is 0. The van der Waals surface area contributed by atoms with Crippen LogP contribution in [0.5, 0.6) is 0 Å². The average Bonchev–Trinajstić information content (AvgIpc) is 2.91. The van der Waals surface area contributed by atoms with E-state index in [9.17, 15) is 9.59 Å². The van der Waals surface area contributed by atoms with E-state index in [2.05, 4.69) is 0 Å². The molecule has 3 fully saturated rings. The topological polar surface area (TPSA) is 72.8 Å². The van der Waals surface area contributed by atoms with Crippen LogP contribution in [0.1, 0.15) is 12.8 Å². The summed E-state index contributed by atoms with van der Waals surface area (Å²) in [7, 11) is 1.35. The molecule has 94 valence electrons. The van der Waals surface area contributed by atoms with E-state index in [1.165, 1.54) is 7.11 Å². The molecule has 0 aromatic carbocycles. The monoisotopic (exact) mass is 240 g/mol. The molecule has 1 aliphatic heterocycles. The zero-order chi connectivity index (χ0) is 12.2. The van der Waals surface area contributed by atoms with Gasteiger partial charge in [0.1, 0.15) is 6.10 Å². The Morgan fingerprint density at radius 2 is 2.29 bits per heavy atom. The molecule has 1 saturated heterocycles. The Morgan fingerprint density at radius 3 is 2.94 bits per heavy atom.